The van der Waals surface area contributed by atoms with Crippen LogP contribution in [0.1, 0.15) is 31.7 Å². The van der Waals surface area contributed by atoms with Crippen molar-refractivity contribution in [2.75, 3.05) is 19.8 Å². The van der Waals surface area contributed by atoms with Crippen molar-refractivity contribution in [1.29, 1.82) is 0 Å². The standard InChI is InChI=1S/C15H25NO2/c1-15(16,13-17)10-6-12-18-11-5-9-14-7-3-2-4-8-14/h2-4,7-8,17H,5-6,9-13,16H2,1H3. The van der Waals surface area contributed by atoms with E-state index in [9.17, 15) is 0 Å². The van der Waals surface area contributed by atoms with Gasteiger partial charge in [0, 0.05) is 18.8 Å². The Morgan fingerprint density at radius 1 is 1.17 bits per heavy atom. The van der Waals surface area contributed by atoms with E-state index in [1.807, 2.05) is 13.0 Å². The lowest BCUT2D eigenvalue weighted by Gasteiger charge is -2.21. The zero-order chi connectivity index (χ0) is 13.3. The van der Waals surface area contributed by atoms with Crippen molar-refractivity contribution in [2.24, 2.45) is 5.73 Å². The Kier molecular flexibility index (Phi) is 6.94. The van der Waals surface area contributed by atoms with Gasteiger partial charge in [0.15, 0.2) is 0 Å². The van der Waals surface area contributed by atoms with E-state index in [0.717, 1.165) is 38.9 Å². The number of aliphatic hydroxyl groups is 1. The summed E-state index contributed by atoms with van der Waals surface area (Å²) >= 11 is 0. The van der Waals surface area contributed by atoms with Gasteiger partial charge in [0.05, 0.1) is 6.61 Å². The molecule has 0 spiro atoms. The predicted molar refractivity (Wildman–Crippen MR) is 74.5 cm³/mol. The second-order valence-electron chi connectivity index (χ2n) is 5.12. The van der Waals surface area contributed by atoms with Gasteiger partial charge in [-0.25, -0.2) is 0 Å². The van der Waals surface area contributed by atoms with Gasteiger partial charge in [-0.05, 0) is 38.2 Å². The molecule has 0 aliphatic heterocycles. The molecule has 0 bridgehead atoms. The average molecular weight is 251 g/mol. The van der Waals surface area contributed by atoms with Crippen LogP contribution in [0.4, 0.5) is 0 Å². The Balaban J connectivity index is 1.96. The number of hydrogen-bond acceptors (Lipinski definition) is 3. The molecule has 102 valence electrons. The third-order valence-corrected chi connectivity index (χ3v) is 2.99. The molecule has 18 heavy (non-hydrogen) atoms. The third-order valence-electron chi connectivity index (χ3n) is 2.99. The van der Waals surface area contributed by atoms with Crippen molar-refractivity contribution >= 4 is 0 Å². The summed E-state index contributed by atoms with van der Waals surface area (Å²) in [6, 6.07) is 10.4. The molecule has 0 radical (unpaired) electrons. The molecule has 1 aromatic carbocycles. The van der Waals surface area contributed by atoms with E-state index in [-0.39, 0.29) is 6.61 Å². The summed E-state index contributed by atoms with van der Waals surface area (Å²) in [5.41, 5.74) is 6.72. The van der Waals surface area contributed by atoms with Crippen LogP contribution in [-0.4, -0.2) is 30.5 Å². The molecule has 1 atom stereocenters. The Labute approximate surface area is 110 Å². The molecule has 3 heteroatoms. The second-order valence-corrected chi connectivity index (χ2v) is 5.12. The number of hydrogen-bond donors (Lipinski definition) is 2. The molecule has 0 saturated heterocycles. The minimum Gasteiger partial charge on any atom is -0.394 e. The number of ether oxygens (including phenoxy) is 1. The van der Waals surface area contributed by atoms with E-state index in [2.05, 4.69) is 24.3 Å². The molecular weight excluding hydrogens is 226 g/mol. The summed E-state index contributed by atoms with van der Waals surface area (Å²) in [7, 11) is 0. The van der Waals surface area contributed by atoms with Gasteiger partial charge in [-0.3, -0.25) is 0 Å². The lowest BCUT2D eigenvalue weighted by atomic mass is 9.99. The fraction of sp³-hybridized carbons (Fsp3) is 0.600. The fourth-order valence-electron chi connectivity index (χ4n) is 1.78. The number of benzene rings is 1. The van der Waals surface area contributed by atoms with Gasteiger partial charge in [0.25, 0.3) is 0 Å². The minimum absolute atomic E-state index is 0.0288. The van der Waals surface area contributed by atoms with Crippen molar-refractivity contribution in [1.82, 2.24) is 0 Å². The van der Waals surface area contributed by atoms with Crippen molar-refractivity contribution in [3.05, 3.63) is 35.9 Å². The van der Waals surface area contributed by atoms with Crippen LogP contribution in [0.3, 0.4) is 0 Å². The first-order valence-electron chi connectivity index (χ1n) is 6.65. The molecule has 1 aromatic rings. The molecule has 0 heterocycles. The minimum atomic E-state index is -0.465. The Hall–Kier alpha value is -0.900. The Morgan fingerprint density at radius 2 is 1.83 bits per heavy atom. The van der Waals surface area contributed by atoms with E-state index in [1.165, 1.54) is 5.56 Å². The predicted octanol–water partition coefficient (Wildman–Crippen LogP) is 2.13. The zero-order valence-electron chi connectivity index (χ0n) is 11.3. The third kappa shape index (κ3) is 6.74. The molecule has 1 rings (SSSR count). The van der Waals surface area contributed by atoms with Gasteiger partial charge in [0.2, 0.25) is 0 Å². The average Bonchev–Trinajstić information content (AvgIpc) is 2.39. The van der Waals surface area contributed by atoms with E-state index >= 15 is 0 Å². The highest BCUT2D eigenvalue weighted by molar-refractivity contribution is 5.14. The van der Waals surface area contributed by atoms with E-state index in [1.54, 1.807) is 0 Å². The van der Waals surface area contributed by atoms with Crippen LogP contribution >= 0.6 is 0 Å². The number of aryl methyl sites for hydroxylation is 1. The van der Waals surface area contributed by atoms with Crippen LogP contribution in [0.2, 0.25) is 0 Å². The van der Waals surface area contributed by atoms with E-state index in [0.29, 0.717) is 0 Å². The molecule has 1 unspecified atom stereocenters. The van der Waals surface area contributed by atoms with Gasteiger partial charge in [-0.1, -0.05) is 30.3 Å². The fourth-order valence-corrected chi connectivity index (χ4v) is 1.78. The summed E-state index contributed by atoms with van der Waals surface area (Å²) in [5, 5.41) is 9.00. The van der Waals surface area contributed by atoms with E-state index in [4.69, 9.17) is 15.6 Å². The largest absolute Gasteiger partial charge is 0.394 e. The molecule has 0 aromatic heterocycles. The van der Waals surface area contributed by atoms with Gasteiger partial charge in [0.1, 0.15) is 0 Å². The van der Waals surface area contributed by atoms with Crippen LogP contribution in [-0.2, 0) is 11.2 Å². The van der Waals surface area contributed by atoms with Gasteiger partial charge < -0.3 is 15.6 Å². The SMILES string of the molecule is CC(N)(CO)CCCOCCCc1ccccc1. The molecule has 0 aliphatic rings. The van der Waals surface area contributed by atoms with Crippen LogP contribution in [0.15, 0.2) is 30.3 Å². The first-order valence-corrected chi connectivity index (χ1v) is 6.65. The smallest absolute Gasteiger partial charge is 0.0608 e. The maximum absolute atomic E-state index is 9.00. The molecule has 0 fully saturated rings. The van der Waals surface area contributed by atoms with Gasteiger partial charge in [-0.2, -0.15) is 0 Å². The van der Waals surface area contributed by atoms with Crippen LogP contribution in [0.5, 0.6) is 0 Å². The van der Waals surface area contributed by atoms with Crippen molar-refractivity contribution in [3.8, 4) is 0 Å². The Bertz CT molecular complexity index is 312. The summed E-state index contributed by atoms with van der Waals surface area (Å²) in [4.78, 5) is 0. The lowest BCUT2D eigenvalue weighted by Crippen LogP contribution is -2.40. The van der Waals surface area contributed by atoms with Crippen LogP contribution < -0.4 is 5.73 Å². The van der Waals surface area contributed by atoms with Gasteiger partial charge >= 0.3 is 0 Å². The molecule has 0 amide bonds. The van der Waals surface area contributed by atoms with Crippen molar-refractivity contribution in [3.63, 3.8) is 0 Å². The monoisotopic (exact) mass is 251 g/mol. The highest BCUT2D eigenvalue weighted by Gasteiger charge is 2.15. The zero-order valence-corrected chi connectivity index (χ0v) is 11.3. The first-order chi connectivity index (χ1) is 8.64. The Morgan fingerprint density at radius 3 is 2.50 bits per heavy atom. The van der Waals surface area contributed by atoms with E-state index < -0.39 is 5.54 Å². The quantitative estimate of drug-likeness (QED) is 0.661. The molecule has 3 nitrogen and oxygen atoms in total. The maximum atomic E-state index is 9.00. The number of rotatable bonds is 9. The second kappa shape index (κ2) is 8.25. The highest BCUT2D eigenvalue weighted by Crippen LogP contribution is 2.08. The number of nitrogens with two attached hydrogens (primary N) is 1. The molecular formula is C15H25NO2. The maximum Gasteiger partial charge on any atom is 0.0608 e. The first kappa shape index (κ1) is 15.2. The summed E-state index contributed by atoms with van der Waals surface area (Å²) in [6.07, 6.45) is 3.80. The van der Waals surface area contributed by atoms with Crippen LogP contribution in [0, 0.1) is 0 Å². The van der Waals surface area contributed by atoms with Crippen LogP contribution in [0.25, 0.3) is 0 Å². The van der Waals surface area contributed by atoms with Crippen molar-refractivity contribution in [2.45, 2.75) is 38.1 Å². The molecule has 0 aliphatic carbocycles. The summed E-state index contributed by atoms with van der Waals surface area (Å²) < 4.78 is 5.56. The van der Waals surface area contributed by atoms with Crippen molar-refractivity contribution < 1.29 is 9.84 Å². The van der Waals surface area contributed by atoms with Gasteiger partial charge in [-0.15, -0.1) is 0 Å². The normalized spacial score (nSPS) is 14.4. The molecule has 0 saturated carbocycles. The number of aliphatic hydroxyl groups excluding tert-OH is 1. The lowest BCUT2D eigenvalue weighted by molar-refractivity contribution is 0.116. The summed E-state index contributed by atoms with van der Waals surface area (Å²) in [5.74, 6) is 0. The highest BCUT2D eigenvalue weighted by atomic mass is 16.5. The molecule has 3 N–H and O–H groups in total. The topological polar surface area (TPSA) is 55.5 Å². The summed E-state index contributed by atoms with van der Waals surface area (Å²) in [6.45, 7) is 3.40.